The molecule has 3 N–H and O–H groups in total. The maximum absolute atomic E-state index is 13.9. The third-order valence-corrected chi connectivity index (χ3v) is 9.62. The Morgan fingerprint density at radius 2 is 1.48 bits per heavy atom. The Labute approximate surface area is 181 Å². The lowest BCUT2D eigenvalue weighted by Gasteiger charge is -2.48. The van der Waals surface area contributed by atoms with E-state index in [0.29, 0.717) is 38.5 Å². The summed E-state index contributed by atoms with van der Waals surface area (Å²) in [5.74, 6) is -2.43. The first kappa shape index (κ1) is 23.3. The second kappa shape index (κ2) is 7.60. The topological polar surface area (TPSA) is 121 Å². The van der Waals surface area contributed by atoms with Crippen LogP contribution in [0, 0.1) is 29.6 Å². The van der Waals surface area contributed by atoms with Crippen LogP contribution < -0.4 is 0 Å². The van der Waals surface area contributed by atoms with Crippen molar-refractivity contribution in [3.05, 3.63) is 0 Å². The monoisotopic (exact) mass is 466 g/mol. The van der Waals surface area contributed by atoms with Crippen LogP contribution in [0.2, 0.25) is 0 Å². The molecule has 0 spiro atoms. The fraction of sp³-hybridized carbons (Fsp3) is 0.952. The maximum Gasteiger partial charge on any atom is 0.405 e. The number of halogens is 2. The molecule has 178 valence electrons. The van der Waals surface area contributed by atoms with Crippen LogP contribution in [0.15, 0.2) is 0 Å². The van der Waals surface area contributed by atoms with Crippen LogP contribution in [0.3, 0.4) is 0 Å². The molecule has 4 saturated carbocycles. The van der Waals surface area contributed by atoms with E-state index in [0.717, 1.165) is 32.6 Å². The molecular weight excluding hydrogens is 434 g/mol. The van der Waals surface area contributed by atoms with E-state index in [2.05, 4.69) is 0 Å². The van der Waals surface area contributed by atoms with Gasteiger partial charge < -0.3 is 14.9 Å². The number of aliphatic hydroxyl groups is 2. The molecule has 0 amide bonds. The molecule has 2 bridgehead atoms. The third-order valence-electron chi connectivity index (χ3n) is 8.60. The van der Waals surface area contributed by atoms with Gasteiger partial charge in [-0.2, -0.15) is 17.2 Å². The predicted molar refractivity (Wildman–Crippen MR) is 106 cm³/mol. The zero-order valence-corrected chi connectivity index (χ0v) is 18.5. The highest BCUT2D eigenvalue weighted by Crippen LogP contribution is 2.65. The van der Waals surface area contributed by atoms with Crippen molar-refractivity contribution in [3.63, 3.8) is 0 Å². The number of alkyl halides is 2. The number of hydrogen-bond donors (Lipinski definition) is 3. The minimum absolute atomic E-state index is 0.0161. The molecule has 6 atom stereocenters. The van der Waals surface area contributed by atoms with Crippen LogP contribution in [-0.2, 0) is 19.6 Å². The van der Waals surface area contributed by atoms with Crippen molar-refractivity contribution < 1.29 is 41.5 Å². The molecule has 4 rings (SSSR count). The van der Waals surface area contributed by atoms with Crippen molar-refractivity contribution >= 4 is 16.1 Å². The number of rotatable bonds is 6. The van der Waals surface area contributed by atoms with E-state index in [4.69, 9.17) is 9.29 Å². The molecule has 7 nitrogen and oxygen atoms in total. The fourth-order valence-corrected chi connectivity index (χ4v) is 7.79. The summed E-state index contributed by atoms with van der Waals surface area (Å²) in [6, 6.07) is 0. The quantitative estimate of drug-likeness (QED) is 0.406. The average molecular weight is 467 g/mol. The summed E-state index contributed by atoms with van der Waals surface area (Å²) in [5.41, 5.74) is -1.87. The van der Waals surface area contributed by atoms with Crippen LogP contribution in [0.4, 0.5) is 8.78 Å². The van der Waals surface area contributed by atoms with Gasteiger partial charge in [-0.15, -0.1) is 0 Å². The Hall–Kier alpha value is -0.840. The first-order valence-electron chi connectivity index (χ1n) is 11.3. The fourth-order valence-electron chi connectivity index (χ4n) is 7.32. The largest absolute Gasteiger partial charge is 0.455 e. The first-order valence-corrected chi connectivity index (χ1v) is 12.7. The van der Waals surface area contributed by atoms with Crippen molar-refractivity contribution in [2.75, 3.05) is 0 Å². The highest BCUT2D eigenvalue weighted by molar-refractivity contribution is 7.86. The molecule has 0 saturated heterocycles. The minimum atomic E-state index is -5.73. The summed E-state index contributed by atoms with van der Waals surface area (Å²) < 4.78 is 63.3. The van der Waals surface area contributed by atoms with Gasteiger partial charge in [0.2, 0.25) is 0 Å². The lowest BCUT2D eigenvalue weighted by Crippen LogP contribution is -2.54. The van der Waals surface area contributed by atoms with Crippen LogP contribution in [0.1, 0.15) is 71.1 Å². The molecule has 0 aliphatic heterocycles. The predicted octanol–water partition coefficient (Wildman–Crippen LogP) is 2.90. The van der Waals surface area contributed by atoms with Gasteiger partial charge >= 0.3 is 21.3 Å². The van der Waals surface area contributed by atoms with E-state index in [1.54, 1.807) is 0 Å². The summed E-state index contributed by atoms with van der Waals surface area (Å²) in [4.78, 5) is 12.8. The van der Waals surface area contributed by atoms with Crippen molar-refractivity contribution in [3.8, 4) is 0 Å². The number of carbonyl (C=O) groups excluding carboxylic acids is 1. The molecule has 0 aromatic rings. The highest BCUT2D eigenvalue weighted by atomic mass is 32.2. The van der Waals surface area contributed by atoms with Crippen LogP contribution in [0.5, 0.6) is 0 Å². The Kier molecular flexibility index (Phi) is 5.72. The number of fused-ring (bicyclic) bond motifs is 2. The van der Waals surface area contributed by atoms with Gasteiger partial charge in [-0.25, -0.2) is 0 Å². The van der Waals surface area contributed by atoms with Gasteiger partial charge in [0.1, 0.15) is 0 Å². The Balaban J connectivity index is 1.57. The number of carbonyl (C=O) groups is 1. The Bertz CT molecular complexity index is 818. The van der Waals surface area contributed by atoms with Gasteiger partial charge in [0.15, 0.2) is 6.10 Å². The summed E-state index contributed by atoms with van der Waals surface area (Å²) in [6.45, 7) is 0.741. The van der Waals surface area contributed by atoms with Gasteiger partial charge in [0, 0.05) is 0 Å². The van der Waals surface area contributed by atoms with E-state index in [1.165, 1.54) is 0 Å². The molecule has 0 heterocycles. The number of esters is 1. The first-order chi connectivity index (χ1) is 14.3. The van der Waals surface area contributed by atoms with Crippen molar-refractivity contribution in [2.24, 2.45) is 29.6 Å². The maximum atomic E-state index is 13.9. The van der Waals surface area contributed by atoms with Crippen LogP contribution in [-0.4, -0.2) is 51.7 Å². The van der Waals surface area contributed by atoms with E-state index in [1.807, 2.05) is 0 Å². The smallest absolute Gasteiger partial charge is 0.405 e. The van der Waals surface area contributed by atoms with Crippen molar-refractivity contribution in [1.82, 2.24) is 0 Å². The molecule has 31 heavy (non-hydrogen) atoms. The molecule has 4 aliphatic carbocycles. The average Bonchev–Trinajstić information content (AvgIpc) is 3.44. The summed E-state index contributed by atoms with van der Waals surface area (Å²) in [5, 5.41) is 18.3. The molecular formula is C21H32F2O7S. The van der Waals surface area contributed by atoms with Crippen LogP contribution in [0.25, 0.3) is 0 Å². The molecule has 4 aliphatic rings. The van der Waals surface area contributed by atoms with E-state index >= 15 is 0 Å². The molecule has 4 fully saturated rings. The summed E-state index contributed by atoms with van der Waals surface area (Å²) >= 11 is 0. The molecule has 10 heteroatoms. The SMILES string of the molecule is CC(OC(=O)C1CC2CC1C(C1(O)CCCC1)C2C1(O)CCCC1)C(F)(F)S(=O)(=O)O. The minimum Gasteiger partial charge on any atom is -0.455 e. The number of hydrogen-bond acceptors (Lipinski definition) is 6. The summed E-state index contributed by atoms with van der Waals surface area (Å²) in [7, 11) is -5.73. The van der Waals surface area contributed by atoms with E-state index in [-0.39, 0.29) is 23.7 Å². The molecule has 0 aromatic carbocycles. The van der Waals surface area contributed by atoms with E-state index < -0.39 is 44.6 Å². The molecule has 0 aromatic heterocycles. The molecule has 0 radical (unpaired) electrons. The lowest BCUT2D eigenvalue weighted by molar-refractivity contribution is -0.175. The standard InChI is InChI=1S/C21H32F2O7S/c1-12(21(22,23)31(27,28)29)30-18(24)15-11-13-10-14(15)17(20(26)8-4-5-9-20)16(13)19(25)6-2-3-7-19/h12-17,25-26H,2-11H2,1H3,(H,27,28,29). The normalized spacial score (nSPS) is 37.8. The second-order valence-electron chi connectivity index (χ2n) is 10.3. The van der Waals surface area contributed by atoms with Crippen molar-refractivity contribution in [1.29, 1.82) is 0 Å². The Morgan fingerprint density at radius 1 is 1.00 bits per heavy atom. The van der Waals surface area contributed by atoms with Gasteiger partial charge in [-0.05, 0) is 69.1 Å². The highest BCUT2D eigenvalue weighted by Gasteiger charge is 2.66. The van der Waals surface area contributed by atoms with Crippen molar-refractivity contribution in [2.45, 2.75) is 93.7 Å². The van der Waals surface area contributed by atoms with Crippen LogP contribution >= 0.6 is 0 Å². The third kappa shape index (κ3) is 3.71. The zero-order valence-electron chi connectivity index (χ0n) is 17.7. The van der Waals surface area contributed by atoms with Gasteiger partial charge in [-0.3, -0.25) is 9.35 Å². The number of ether oxygens (including phenoxy) is 1. The van der Waals surface area contributed by atoms with Gasteiger partial charge in [0.25, 0.3) is 0 Å². The zero-order chi connectivity index (χ0) is 22.8. The van der Waals surface area contributed by atoms with E-state index in [9.17, 15) is 32.2 Å². The summed E-state index contributed by atoms with van der Waals surface area (Å²) in [6.07, 6.45) is 4.73. The van der Waals surface area contributed by atoms with Gasteiger partial charge in [0.05, 0.1) is 17.1 Å². The molecule has 6 unspecified atom stereocenters. The second-order valence-corrected chi connectivity index (χ2v) is 11.8. The Morgan fingerprint density at radius 3 is 1.97 bits per heavy atom. The lowest BCUT2D eigenvalue weighted by atomic mass is 9.60. The van der Waals surface area contributed by atoms with Gasteiger partial charge in [-0.1, -0.05) is 25.7 Å².